The van der Waals surface area contributed by atoms with Gasteiger partial charge < -0.3 is 18.9 Å². The van der Waals surface area contributed by atoms with Crippen molar-refractivity contribution >= 4 is 0 Å². The van der Waals surface area contributed by atoms with Gasteiger partial charge in [0.15, 0.2) is 23.8 Å². The van der Waals surface area contributed by atoms with Crippen LogP contribution in [0, 0.1) is 12.3 Å². The third-order valence-corrected chi connectivity index (χ3v) is 3.06. The zero-order chi connectivity index (χ0) is 13.4. The second-order valence-electron chi connectivity index (χ2n) is 4.75. The van der Waals surface area contributed by atoms with Crippen LogP contribution in [0.3, 0.4) is 0 Å². The molecule has 2 aliphatic heterocycles. The van der Waals surface area contributed by atoms with Crippen LogP contribution in [-0.2, 0) is 18.9 Å². The quantitative estimate of drug-likeness (QED) is 0.561. The summed E-state index contributed by atoms with van der Waals surface area (Å²) in [5, 5.41) is 0. The highest BCUT2D eigenvalue weighted by Crippen LogP contribution is 2.45. The van der Waals surface area contributed by atoms with Gasteiger partial charge in [0.2, 0.25) is 0 Å². The van der Waals surface area contributed by atoms with Crippen LogP contribution in [-0.4, -0.2) is 36.5 Å². The molecule has 0 amide bonds. The highest BCUT2D eigenvalue weighted by molar-refractivity contribution is 5.25. The molecule has 18 heavy (non-hydrogen) atoms. The summed E-state index contributed by atoms with van der Waals surface area (Å²) in [5.41, 5.74) is -1.02. The minimum atomic E-state index is -1.02. The van der Waals surface area contributed by atoms with Gasteiger partial charge in [0.25, 0.3) is 0 Å². The van der Waals surface area contributed by atoms with E-state index >= 15 is 0 Å². The molecule has 4 atom stereocenters. The predicted octanol–water partition coefficient (Wildman–Crippen LogP) is 1.62. The molecule has 2 heterocycles. The first-order chi connectivity index (χ1) is 8.49. The molecule has 0 aromatic heterocycles. The van der Waals surface area contributed by atoms with Crippen molar-refractivity contribution in [1.29, 1.82) is 0 Å². The van der Waals surface area contributed by atoms with Crippen LogP contribution in [0.4, 0.5) is 0 Å². The second-order valence-corrected chi connectivity index (χ2v) is 4.75. The van der Waals surface area contributed by atoms with Gasteiger partial charge in [-0.05, 0) is 13.8 Å². The zero-order valence-electron chi connectivity index (χ0n) is 10.7. The Hall–Kier alpha value is -1.12. The van der Waals surface area contributed by atoms with Crippen LogP contribution in [0.15, 0.2) is 25.3 Å². The lowest BCUT2D eigenvalue weighted by molar-refractivity contribution is -0.219. The molecule has 0 aromatic rings. The topological polar surface area (TPSA) is 36.9 Å². The number of fused-ring (bicyclic) bond motifs is 1. The van der Waals surface area contributed by atoms with Crippen molar-refractivity contribution in [3.63, 3.8) is 0 Å². The molecular weight excluding hydrogens is 232 g/mol. The maximum atomic E-state index is 5.81. The molecule has 4 nitrogen and oxygen atoms in total. The summed E-state index contributed by atoms with van der Waals surface area (Å²) in [6.07, 6.45) is 7.42. The Balaban J connectivity index is 2.31. The second kappa shape index (κ2) is 4.52. The van der Waals surface area contributed by atoms with Crippen molar-refractivity contribution in [2.45, 2.75) is 43.7 Å². The lowest BCUT2D eigenvalue weighted by atomic mass is 9.93. The van der Waals surface area contributed by atoms with Gasteiger partial charge in [0, 0.05) is 0 Å². The Kier molecular flexibility index (Phi) is 3.35. The number of rotatable bonds is 4. The van der Waals surface area contributed by atoms with Crippen molar-refractivity contribution in [3.8, 4) is 12.3 Å². The van der Waals surface area contributed by atoms with E-state index in [9.17, 15) is 0 Å². The largest absolute Gasteiger partial charge is 0.352 e. The molecule has 2 saturated heterocycles. The fourth-order valence-corrected chi connectivity index (χ4v) is 2.32. The summed E-state index contributed by atoms with van der Waals surface area (Å²) >= 11 is 0. The van der Waals surface area contributed by atoms with Crippen molar-refractivity contribution in [2.24, 2.45) is 0 Å². The van der Waals surface area contributed by atoms with Crippen LogP contribution >= 0.6 is 0 Å². The first kappa shape index (κ1) is 13.3. The Labute approximate surface area is 108 Å². The Bertz CT molecular complexity index is 395. The minimum absolute atomic E-state index is 0.310. The van der Waals surface area contributed by atoms with Gasteiger partial charge in [-0.1, -0.05) is 18.1 Å². The fourth-order valence-electron chi connectivity index (χ4n) is 2.32. The number of hydrogen-bond acceptors (Lipinski definition) is 4. The molecule has 0 bridgehead atoms. The summed E-state index contributed by atoms with van der Waals surface area (Å²) < 4.78 is 22.9. The third-order valence-electron chi connectivity index (χ3n) is 3.06. The van der Waals surface area contributed by atoms with E-state index in [1.54, 1.807) is 12.2 Å². The monoisotopic (exact) mass is 250 g/mol. The molecule has 0 aliphatic carbocycles. The molecule has 2 fully saturated rings. The van der Waals surface area contributed by atoms with E-state index in [4.69, 9.17) is 25.4 Å². The van der Waals surface area contributed by atoms with Gasteiger partial charge >= 0.3 is 0 Å². The van der Waals surface area contributed by atoms with E-state index in [2.05, 4.69) is 19.1 Å². The summed E-state index contributed by atoms with van der Waals surface area (Å²) in [4.78, 5) is 0. The van der Waals surface area contributed by atoms with Crippen LogP contribution in [0.1, 0.15) is 13.8 Å². The Morgan fingerprint density at radius 3 is 2.67 bits per heavy atom. The van der Waals surface area contributed by atoms with Crippen molar-refractivity contribution < 1.29 is 18.9 Å². The molecule has 2 aliphatic rings. The first-order valence-electron chi connectivity index (χ1n) is 5.85. The average molecular weight is 250 g/mol. The summed E-state index contributed by atoms with van der Waals surface area (Å²) in [6, 6.07) is 0. The predicted molar refractivity (Wildman–Crippen MR) is 66.6 cm³/mol. The Morgan fingerprint density at radius 1 is 1.39 bits per heavy atom. The van der Waals surface area contributed by atoms with Crippen molar-refractivity contribution in [3.05, 3.63) is 25.3 Å². The average Bonchev–Trinajstić information content (AvgIpc) is 2.77. The molecule has 4 heteroatoms. The highest BCUT2D eigenvalue weighted by Gasteiger charge is 2.63. The van der Waals surface area contributed by atoms with Crippen molar-refractivity contribution in [1.82, 2.24) is 0 Å². The summed E-state index contributed by atoms with van der Waals surface area (Å²) in [7, 11) is 0. The molecule has 0 saturated carbocycles. The highest BCUT2D eigenvalue weighted by atomic mass is 16.8. The van der Waals surface area contributed by atoms with Gasteiger partial charge in [-0.2, -0.15) is 0 Å². The SMILES string of the molecule is C#C[C@@]1(OCC=C)[C@@H](C=C)O[C@@H]2OC(C)(C)O[C@@H]21. The van der Waals surface area contributed by atoms with Gasteiger partial charge in [-0.3, -0.25) is 0 Å². The van der Waals surface area contributed by atoms with Gasteiger partial charge in [-0.25, -0.2) is 0 Å². The molecular formula is C14H18O4. The van der Waals surface area contributed by atoms with Gasteiger partial charge in [0.05, 0.1) is 6.61 Å². The van der Waals surface area contributed by atoms with Crippen molar-refractivity contribution in [2.75, 3.05) is 6.61 Å². The standard InChI is InChI=1S/C14H18O4/c1-6-9-15-14(8-3)10(7-2)16-12-11(14)17-13(4,5)18-12/h3,6-7,10-12H,1-2,9H2,4-5H3/t10-,11+,12-,14-/m1/s1. The smallest absolute Gasteiger partial charge is 0.192 e. The fraction of sp³-hybridized carbons (Fsp3) is 0.571. The zero-order valence-corrected chi connectivity index (χ0v) is 10.7. The summed E-state index contributed by atoms with van der Waals surface area (Å²) in [6.45, 7) is 11.3. The number of terminal acetylenes is 1. The van der Waals surface area contributed by atoms with Crippen LogP contribution in [0.25, 0.3) is 0 Å². The molecule has 0 aromatic carbocycles. The molecule has 0 N–H and O–H groups in total. The van der Waals surface area contributed by atoms with E-state index in [0.29, 0.717) is 6.61 Å². The van der Waals surface area contributed by atoms with Gasteiger partial charge in [0.1, 0.15) is 6.10 Å². The maximum Gasteiger partial charge on any atom is 0.192 e. The van der Waals surface area contributed by atoms with E-state index in [-0.39, 0.29) is 0 Å². The lowest BCUT2D eigenvalue weighted by Gasteiger charge is -2.32. The lowest BCUT2D eigenvalue weighted by Crippen LogP contribution is -2.49. The van der Waals surface area contributed by atoms with E-state index in [0.717, 1.165) is 0 Å². The van der Waals surface area contributed by atoms with Crippen LogP contribution in [0.2, 0.25) is 0 Å². The third kappa shape index (κ3) is 1.90. The first-order valence-corrected chi connectivity index (χ1v) is 5.85. The van der Waals surface area contributed by atoms with Crippen LogP contribution in [0.5, 0.6) is 0 Å². The van der Waals surface area contributed by atoms with Gasteiger partial charge in [-0.15, -0.1) is 19.6 Å². The minimum Gasteiger partial charge on any atom is -0.352 e. The number of hydrogen-bond donors (Lipinski definition) is 0. The van der Waals surface area contributed by atoms with Crippen LogP contribution < -0.4 is 0 Å². The van der Waals surface area contributed by atoms with E-state index < -0.39 is 29.9 Å². The normalized spacial score (nSPS) is 41.1. The Morgan fingerprint density at radius 2 is 2.11 bits per heavy atom. The molecule has 0 radical (unpaired) electrons. The van der Waals surface area contributed by atoms with E-state index in [1.165, 1.54) is 0 Å². The van der Waals surface area contributed by atoms with E-state index in [1.807, 2.05) is 13.8 Å². The molecule has 2 rings (SSSR count). The number of ether oxygens (including phenoxy) is 4. The molecule has 0 spiro atoms. The molecule has 0 unspecified atom stereocenters. The molecule has 98 valence electrons. The maximum absolute atomic E-state index is 5.81. The summed E-state index contributed by atoms with van der Waals surface area (Å²) in [5.74, 6) is 1.92.